The molecule has 0 spiro atoms. The maximum Gasteiger partial charge on any atom is 0.133 e. The van der Waals surface area contributed by atoms with Crippen LogP contribution in [0.3, 0.4) is 0 Å². The smallest absolute Gasteiger partial charge is 0.133 e. The zero-order chi connectivity index (χ0) is 19.1. The van der Waals surface area contributed by atoms with E-state index in [2.05, 4.69) is 17.1 Å². The minimum absolute atomic E-state index is 0.214. The van der Waals surface area contributed by atoms with Crippen molar-refractivity contribution >= 4 is 6.21 Å². The maximum atomic E-state index is 10.1. The summed E-state index contributed by atoms with van der Waals surface area (Å²) in [6, 6.07) is 13.8. The summed E-state index contributed by atoms with van der Waals surface area (Å²) >= 11 is 0. The van der Waals surface area contributed by atoms with Gasteiger partial charge in [-0.05, 0) is 61.7 Å². The molecule has 2 aromatic carbocycles. The first kappa shape index (κ1) is 19.2. The van der Waals surface area contributed by atoms with Crippen LogP contribution >= 0.6 is 0 Å². The van der Waals surface area contributed by atoms with Gasteiger partial charge in [-0.25, -0.2) is 0 Å². The van der Waals surface area contributed by atoms with Crippen molar-refractivity contribution in [2.45, 2.75) is 25.3 Å². The molecule has 1 heterocycles. The monoisotopic (exact) mass is 369 g/mol. The van der Waals surface area contributed by atoms with Gasteiger partial charge < -0.3 is 19.5 Å². The number of quaternary nitrogens is 1. The fourth-order valence-corrected chi connectivity index (χ4v) is 3.68. The van der Waals surface area contributed by atoms with Crippen molar-refractivity contribution in [3.05, 3.63) is 53.6 Å². The number of rotatable bonds is 7. The van der Waals surface area contributed by atoms with Crippen LogP contribution in [0.2, 0.25) is 0 Å². The number of phenolic OH excluding ortho intramolecular Hbond substituents is 1. The third kappa shape index (κ3) is 5.01. The summed E-state index contributed by atoms with van der Waals surface area (Å²) in [6.45, 7) is 3.03. The summed E-state index contributed by atoms with van der Waals surface area (Å²) in [5.41, 5.74) is 1.95. The van der Waals surface area contributed by atoms with Crippen molar-refractivity contribution < 1.29 is 19.5 Å². The molecule has 5 heteroatoms. The van der Waals surface area contributed by atoms with Crippen LogP contribution < -0.4 is 14.4 Å². The number of ether oxygens (including phenoxy) is 2. The second kappa shape index (κ2) is 9.42. The Morgan fingerprint density at radius 2 is 1.67 bits per heavy atom. The molecule has 0 aromatic heterocycles. The van der Waals surface area contributed by atoms with Crippen LogP contribution in [0, 0.1) is 0 Å². The van der Waals surface area contributed by atoms with Gasteiger partial charge in [-0.15, -0.1) is 0 Å². The van der Waals surface area contributed by atoms with E-state index < -0.39 is 0 Å². The molecule has 0 amide bonds. The third-order valence-electron chi connectivity index (χ3n) is 5.26. The van der Waals surface area contributed by atoms with E-state index in [4.69, 9.17) is 9.47 Å². The lowest BCUT2D eigenvalue weighted by atomic mass is 10.0. The minimum atomic E-state index is 0.214. The summed E-state index contributed by atoms with van der Waals surface area (Å²) in [4.78, 5) is 6.26. The molecule has 0 saturated carbocycles. The van der Waals surface area contributed by atoms with Gasteiger partial charge >= 0.3 is 0 Å². The normalized spacial score (nSPS) is 16.4. The van der Waals surface area contributed by atoms with Crippen molar-refractivity contribution in [2.75, 3.05) is 33.9 Å². The molecule has 144 valence electrons. The van der Waals surface area contributed by atoms with E-state index in [1.165, 1.54) is 37.9 Å². The highest BCUT2D eigenvalue weighted by atomic mass is 16.5. The van der Waals surface area contributed by atoms with Gasteiger partial charge in [0, 0.05) is 17.3 Å². The molecule has 1 atom stereocenters. The van der Waals surface area contributed by atoms with E-state index >= 15 is 0 Å². The molecule has 5 nitrogen and oxygen atoms in total. The Kier molecular flexibility index (Phi) is 6.71. The second-order valence-corrected chi connectivity index (χ2v) is 6.96. The number of benzene rings is 2. The number of hydrogen-bond acceptors (Lipinski definition) is 4. The Morgan fingerprint density at radius 1 is 1.00 bits per heavy atom. The molecule has 0 bridgehead atoms. The van der Waals surface area contributed by atoms with Crippen molar-refractivity contribution in [3.8, 4) is 17.2 Å². The predicted octanol–water partition coefficient (Wildman–Crippen LogP) is 2.64. The molecule has 1 aliphatic heterocycles. The lowest BCUT2D eigenvalue weighted by Gasteiger charge is -2.31. The first-order chi connectivity index (χ1) is 13.2. The lowest BCUT2D eigenvalue weighted by molar-refractivity contribution is -0.934. The number of aliphatic imine (C=N–C) groups is 1. The van der Waals surface area contributed by atoms with Gasteiger partial charge in [0.15, 0.2) is 0 Å². The van der Waals surface area contributed by atoms with Gasteiger partial charge in [0.25, 0.3) is 0 Å². The van der Waals surface area contributed by atoms with Gasteiger partial charge in [-0.2, -0.15) is 0 Å². The average molecular weight is 369 g/mol. The first-order valence-corrected chi connectivity index (χ1v) is 9.56. The fourth-order valence-electron chi connectivity index (χ4n) is 3.68. The van der Waals surface area contributed by atoms with E-state index in [0.29, 0.717) is 23.9 Å². The van der Waals surface area contributed by atoms with Crippen LogP contribution in [0.4, 0.5) is 0 Å². The zero-order valence-electron chi connectivity index (χ0n) is 16.1. The zero-order valence-corrected chi connectivity index (χ0v) is 16.1. The lowest BCUT2D eigenvalue weighted by Crippen LogP contribution is -3.13. The number of nitrogens with zero attached hydrogens (tertiary/aromatic N) is 1. The topological polar surface area (TPSA) is 55.5 Å². The van der Waals surface area contributed by atoms with E-state index in [9.17, 15) is 5.11 Å². The van der Waals surface area contributed by atoms with Crippen LogP contribution in [0.15, 0.2) is 47.5 Å². The van der Waals surface area contributed by atoms with Crippen molar-refractivity contribution in [3.63, 3.8) is 0 Å². The molecule has 0 aliphatic carbocycles. The molecular formula is C22H29N2O3+. The fraction of sp³-hybridized carbons (Fsp3) is 0.409. The Balaban J connectivity index is 1.78. The highest BCUT2D eigenvalue weighted by Crippen LogP contribution is 2.22. The highest BCUT2D eigenvalue weighted by molar-refractivity contribution is 5.84. The number of likely N-dealkylation sites (tertiary alicyclic amines) is 1. The SMILES string of the molecule is COc1ccc([C@@H](CN=Cc2cc(OC)ccc2O)[NH+]2CCCCC2)cc1. The van der Waals surface area contributed by atoms with Crippen molar-refractivity contribution in [1.82, 2.24) is 0 Å². The Hall–Kier alpha value is -2.53. The molecule has 0 radical (unpaired) electrons. The maximum absolute atomic E-state index is 10.1. The van der Waals surface area contributed by atoms with Crippen LogP contribution in [0.25, 0.3) is 0 Å². The molecule has 27 heavy (non-hydrogen) atoms. The van der Waals surface area contributed by atoms with Crippen LogP contribution in [-0.2, 0) is 0 Å². The summed E-state index contributed by atoms with van der Waals surface area (Å²) in [5, 5.41) is 10.1. The summed E-state index contributed by atoms with van der Waals surface area (Å²) in [5.74, 6) is 1.80. The van der Waals surface area contributed by atoms with Crippen LogP contribution in [-0.4, -0.2) is 45.2 Å². The molecule has 2 aromatic rings. The van der Waals surface area contributed by atoms with Crippen LogP contribution in [0.5, 0.6) is 17.2 Å². The van der Waals surface area contributed by atoms with Gasteiger partial charge in [-0.1, -0.05) is 0 Å². The first-order valence-electron chi connectivity index (χ1n) is 9.56. The molecular weight excluding hydrogens is 340 g/mol. The molecule has 1 aliphatic rings. The molecule has 1 fully saturated rings. The average Bonchev–Trinajstić information content (AvgIpc) is 2.73. The van der Waals surface area contributed by atoms with E-state index in [1.807, 2.05) is 12.1 Å². The highest BCUT2D eigenvalue weighted by Gasteiger charge is 2.25. The molecule has 3 rings (SSSR count). The molecule has 0 unspecified atom stereocenters. The van der Waals surface area contributed by atoms with Gasteiger partial charge in [-0.3, -0.25) is 4.99 Å². The molecule has 1 saturated heterocycles. The quantitative estimate of drug-likeness (QED) is 0.738. The standard InChI is InChI=1S/C22H28N2O3/c1-26-19-8-6-17(7-9-19)21(24-12-4-3-5-13-24)16-23-15-18-14-20(27-2)10-11-22(18)25/h6-11,14-15,21,25H,3-5,12-13,16H2,1-2H3/p+1/t21-/m1/s1. The summed E-state index contributed by atoms with van der Waals surface area (Å²) < 4.78 is 10.5. The van der Waals surface area contributed by atoms with Gasteiger partial charge in [0.1, 0.15) is 23.3 Å². The van der Waals surface area contributed by atoms with E-state index in [1.54, 1.807) is 43.5 Å². The number of hydrogen-bond donors (Lipinski definition) is 2. The molecule has 2 N–H and O–H groups in total. The number of aromatic hydroxyl groups is 1. The Labute approximate surface area is 161 Å². The summed E-state index contributed by atoms with van der Waals surface area (Å²) in [6.07, 6.45) is 5.60. The summed E-state index contributed by atoms with van der Waals surface area (Å²) in [7, 11) is 3.31. The van der Waals surface area contributed by atoms with Gasteiger partial charge in [0.05, 0.1) is 33.9 Å². The van der Waals surface area contributed by atoms with E-state index in [0.717, 1.165) is 5.75 Å². The third-order valence-corrected chi connectivity index (χ3v) is 5.26. The number of nitrogens with one attached hydrogen (secondary N) is 1. The Morgan fingerprint density at radius 3 is 2.33 bits per heavy atom. The van der Waals surface area contributed by atoms with E-state index in [-0.39, 0.29) is 5.75 Å². The van der Waals surface area contributed by atoms with Gasteiger partial charge in [0.2, 0.25) is 0 Å². The number of phenols is 1. The second-order valence-electron chi connectivity index (χ2n) is 6.96. The minimum Gasteiger partial charge on any atom is -0.507 e. The number of piperidine rings is 1. The van der Waals surface area contributed by atoms with Crippen LogP contribution in [0.1, 0.15) is 36.4 Å². The van der Waals surface area contributed by atoms with Crippen molar-refractivity contribution in [1.29, 1.82) is 0 Å². The Bertz CT molecular complexity index is 753. The largest absolute Gasteiger partial charge is 0.507 e. The van der Waals surface area contributed by atoms with Crippen molar-refractivity contribution in [2.24, 2.45) is 4.99 Å². The predicted molar refractivity (Wildman–Crippen MR) is 107 cm³/mol. The number of methoxy groups -OCH3 is 2.